The fourth-order valence-electron chi connectivity index (χ4n) is 12.3. The number of aliphatic hydroxyl groups is 8. The second kappa shape index (κ2) is 14.3. The van der Waals surface area contributed by atoms with E-state index in [1.165, 1.54) is 5.57 Å². The third-order valence-electron chi connectivity index (χ3n) is 15.6. The molecule has 3 saturated carbocycles. The summed E-state index contributed by atoms with van der Waals surface area (Å²) in [6.07, 6.45) is -9.27. The number of hydrogen-bond donors (Lipinski definition) is 8. The normalized spacial score (nSPS) is 57.2. The number of Topliss-reactive ketones (excluding diaryl/α,β-unsaturated/α-hetero) is 1. The summed E-state index contributed by atoms with van der Waals surface area (Å²) in [5.74, 6) is 0.156. The number of carbonyl (C=O) groups excluding carboxylic acids is 1. The Morgan fingerprint density at radius 2 is 1.54 bits per heavy atom. The van der Waals surface area contributed by atoms with Crippen molar-refractivity contribution in [2.75, 3.05) is 19.8 Å². The summed E-state index contributed by atoms with van der Waals surface area (Å²) in [6, 6.07) is 0. The third kappa shape index (κ3) is 5.94. The maximum atomic E-state index is 14.5. The minimum Gasteiger partial charge on any atom is -0.394 e. The molecule has 4 aliphatic heterocycles. The Kier molecular flexibility index (Phi) is 10.5. The van der Waals surface area contributed by atoms with Crippen LogP contribution in [0.15, 0.2) is 11.6 Å². The zero-order chi connectivity index (χ0) is 38.6. The van der Waals surface area contributed by atoms with Gasteiger partial charge in [0.2, 0.25) is 0 Å². The van der Waals surface area contributed by atoms with Crippen molar-refractivity contribution in [3.8, 4) is 0 Å². The lowest BCUT2D eigenvalue weighted by atomic mass is 9.46. The highest BCUT2D eigenvalue weighted by Gasteiger charge is 2.72. The van der Waals surface area contributed by atoms with E-state index in [1.807, 2.05) is 6.92 Å². The zero-order valence-corrected chi connectivity index (χ0v) is 31.6. The zero-order valence-electron chi connectivity index (χ0n) is 31.6. The van der Waals surface area contributed by atoms with Crippen molar-refractivity contribution in [2.24, 2.45) is 46.3 Å². The van der Waals surface area contributed by atoms with Crippen molar-refractivity contribution in [2.45, 2.75) is 158 Å². The molecule has 0 aromatic carbocycles. The largest absolute Gasteiger partial charge is 0.394 e. The molecule has 15 heteroatoms. The first-order valence-corrected chi connectivity index (χ1v) is 20.0. The van der Waals surface area contributed by atoms with Crippen LogP contribution < -0.4 is 0 Å². The summed E-state index contributed by atoms with van der Waals surface area (Å²) >= 11 is 0. The minimum atomic E-state index is -1.75. The van der Waals surface area contributed by atoms with Gasteiger partial charge < -0.3 is 69.3 Å². The Balaban J connectivity index is 0.930. The summed E-state index contributed by atoms with van der Waals surface area (Å²) < 4.78 is 36.4. The van der Waals surface area contributed by atoms with Crippen molar-refractivity contribution >= 4 is 5.78 Å². The van der Waals surface area contributed by atoms with Crippen LogP contribution in [0.5, 0.6) is 0 Å². The number of hydrogen-bond acceptors (Lipinski definition) is 15. The van der Waals surface area contributed by atoms with Crippen LogP contribution in [0.4, 0.5) is 0 Å². The molecule has 4 aliphatic carbocycles. The molecule has 0 aromatic rings. The lowest BCUT2D eigenvalue weighted by Gasteiger charge is -2.58. The van der Waals surface area contributed by atoms with Crippen LogP contribution in [0, 0.1) is 46.3 Å². The molecule has 0 radical (unpaired) electrons. The molecule has 306 valence electrons. The highest BCUT2D eigenvalue weighted by atomic mass is 16.7. The van der Waals surface area contributed by atoms with Gasteiger partial charge >= 0.3 is 0 Å². The van der Waals surface area contributed by atoms with E-state index in [0.29, 0.717) is 44.0 Å². The first-order chi connectivity index (χ1) is 25.6. The quantitative estimate of drug-likeness (QED) is 0.159. The van der Waals surface area contributed by atoms with Gasteiger partial charge in [0.15, 0.2) is 18.4 Å². The Morgan fingerprint density at radius 3 is 2.24 bits per heavy atom. The van der Waals surface area contributed by atoms with Gasteiger partial charge in [0.1, 0.15) is 54.6 Å². The third-order valence-corrected chi connectivity index (χ3v) is 15.6. The average molecular weight is 769 g/mol. The Hall–Kier alpha value is -1.15. The number of carbonyl (C=O) groups is 1. The molecule has 4 heterocycles. The summed E-state index contributed by atoms with van der Waals surface area (Å²) in [6.45, 7) is 7.68. The average Bonchev–Trinajstić information content (AvgIpc) is 3.59. The van der Waals surface area contributed by atoms with Crippen LogP contribution >= 0.6 is 0 Å². The molecule has 54 heavy (non-hydrogen) atoms. The molecule has 8 N–H and O–H groups in total. The van der Waals surface area contributed by atoms with Crippen molar-refractivity contribution < 1.29 is 74.1 Å². The number of ketones is 1. The highest BCUT2D eigenvalue weighted by molar-refractivity contribution is 5.87. The predicted molar refractivity (Wildman–Crippen MR) is 185 cm³/mol. The lowest BCUT2D eigenvalue weighted by Crippen LogP contribution is -2.65. The smallest absolute Gasteiger partial charge is 0.187 e. The van der Waals surface area contributed by atoms with Crippen LogP contribution in [0.2, 0.25) is 0 Å². The number of aliphatic hydroxyl groups excluding tert-OH is 8. The molecular weight excluding hydrogens is 708 g/mol. The van der Waals surface area contributed by atoms with Crippen LogP contribution in [0.25, 0.3) is 0 Å². The van der Waals surface area contributed by atoms with Crippen molar-refractivity contribution in [3.63, 3.8) is 0 Å². The van der Waals surface area contributed by atoms with E-state index in [0.717, 1.165) is 19.3 Å². The highest BCUT2D eigenvalue weighted by Crippen LogP contribution is 2.69. The summed E-state index contributed by atoms with van der Waals surface area (Å²) in [5.41, 5.74) is 0.462. The Bertz CT molecular complexity index is 1440. The van der Waals surface area contributed by atoms with Gasteiger partial charge in [-0.25, -0.2) is 0 Å². The van der Waals surface area contributed by atoms with Crippen LogP contribution in [0.3, 0.4) is 0 Å². The van der Waals surface area contributed by atoms with E-state index in [-0.39, 0.29) is 47.2 Å². The molecule has 15 nitrogen and oxygen atoms in total. The molecular formula is C39H60O15. The molecule has 0 bridgehead atoms. The number of ether oxygens (including phenoxy) is 6. The Labute approximate surface area is 315 Å². The van der Waals surface area contributed by atoms with Crippen molar-refractivity contribution in [1.82, 2.24) is 0 Å². The maximum absolute atomic E-state index is 14.5. The van der Waals surface area contributed by atoms with Gasteiger partial charge in [-0.2, -0.15) is 0 Å². The molecule has 7 fully saturated rings. The SMILES string of the molecule is C[C@@H]1CO[C@]2(C[C@@H]1O)O[C@H]1C[C@H]3[C@H]4CC=C5C[C@H](O[C@H]6O[C@@H](CO)[C@@H](O[C@@H]7O[C@H](CO)[C@@H](O)[C@H](O)[C@H]7O)[C@@H](O)[C@@H]6O)CC[C@]5(C)[C@@H]4CC(=O)[C@]3(C)[C@@H]1[C@@H]2C. The maximum Gasteiger partial charge on any atom is 0.187 e. The number of fused-ring (bicyclic) bond motifs is 7. The van der Waals surface area contributed by atoms with E-state index < -0.39 is 91.9 Å². The molecule has 8 rings (SSSR count). The first kappa shape index (κ1) is 39.7. The van der Waals surface area contributed by atoms with Crippen molar-refractivity contribution in [1.29, 1.82) is 0 Å². The van der Waals surface area contributed by atoms with Gasteiger partial charge in [0, 0.05) is 36.0 Å². The van der Waals surface area contributed by atoms with Gasteiger partial charge in [-0.1, -0.05) is 39.3 Å². The molecule has 22 atom stereocenters. The van der Waals surface area contributed by atoms with Gasteiger partial charge in [-0.3, -0.25) is 4.79 Å². The number of rotatable bonds is 6. The summed E-state index contributed by atoms with van der Waals surface area (Å²) in [4.78, 5) is 14.5. The predicted octanol–water partition coefficient (Wildman–Crippen LogP) is -0.488. The molecule has 0 unspecified atom stereocenters. The molecule has 0 amide bonds. The van der Waals surface area contributed by atoms with Crippen molar-refractivity contribution in [3.05, 3.63) is 11.6 Å². The first-order valence-electron chi connectivity index (χ1n) is 20.0. The van der Waals surface area contributed by atoms with E-state index in [4.69, 9.17) is 28.4 Å². The van der Waals surface area contributed by atoms with E-state index in [9.17, 15) is 45.6 Å². The Morgan fingerprint density at radius 1 is 0.852 bits per heavy atom. The number of allylic oxidation sites excluding steroid dienone is 1. The van der Waals surface area contributed by atoms with E-state index in [2.05, 4.69) is 26.8 Å². The monoisotopic (exact) mass is 768 g/mol. The van der Waals surface area contributed by atoms with E-state index in [1.54, 1.807) is 0 Å². The van der Waals surface area contributed by atoms with Gasteiger partial charge in [0.05, 0.1) is 38.1 Å². The van der Waals surface area contributed by atoms with Gasteiger partial charge in [-0.05, 0) is 55.3 Å². The van der Waals surface area contributed by atoms with Gasteiger partial charge in [-0.15, -0.1) is 0 Å². The molecule has 1 spiro atoms. The van der Waals surface area contributed by atoms with Crippen LogP contribution in [-0.4, -0.2) is 152 Å². The molecule has 4 saturated heterocycles. The fourth-order valence-corrected chi connectivity index (χ4v) is 12.3. The minimum absolute atomic E-state index is 0.0195. The summed E-state index contributed by atoms with van der Waals surface area (Å²) in [5, 5.41) is 83.5. The molecule has 8 aliphatic rings. The van der Waals surface area contributed by atoms with Crippen LogP contribution in [-0.2, 0) is 33.2 Å². The van der Waals surface area contributed by atoms with E-state index >= 15 is 0 Å². The molecule has 0 aromatic heterocycles. The topological polar surface area (TPSA) is 234 Å². The van der Waals surface area contributed by atoms with Gasteiger partial charge in [0.25, 0.3) is 0 Å². The summed E-state index contributed by atoms with van der Waals surface area (Å²) in [7, 11) is 0. The standard InChI is InChI=1S/C39H60O15/c1-16-15-49-39(12-23(16)42)17(2)28-24(54-39)10-22-20-6-5-18-9-19(7-8-37(18,3)21(20)11-27(43)38(22,28)4)50-35-33(48)31(46)34(26(14-41)52-35)53-36-32(47)30(45)29(44)25(13-40)51-36/h5,16-17,19-26,28-36,40-42,44-48H,6-15H2,1-4H3/t16-,17+,19-,20+,21-,22+,23+,24+,25-,26+,28-,29-,30+,31+,32-,33+,34-,35+,36+,37+,38-,39-/m1/s1. The second-order valence-electron chi connectivity index (χ2n) is 18.3. The lowest BCUT2D eigenvalue weighted by molar-refractivity contribution is -0.363. The fraction of sp³-hybridized carbons (Fsp3) is 0.923. The van der Waals surface area contributed by atoms with Crippen LogP contribution in [0.1, 0.15) is 72.6 Å². The second-order valence-corrected chi connectivity index (χ2v) is 18.3.